The van der Waals surface area contributed by atoms with Crippen LogP contribution in [0.4, 0.5) is 11.6 Å². The largest absolute Gasteiger partial charge is 0.322 e. The van der Waals surface area contributed by atoms with E-state index in [0.717, 1.165) is 10.8 Å². The quantitative estimate of drug-likeness (QED) is 0.279. The molecule has 0 atom stereocenters. The van der Waals surface area contributed by atoms with Gasteiger partial charge in [-0.25, -0.2) is 5.10 Å². The zero-order valence-corrected chi connectivity index (χ0v) is 19.4. The van der Waals surface area contributed by atoms with Crippen molar-refractivity contribution in [1.29, 1.82) is 0 Å². The molecule has 0 saturated carbocycles. The number of hydrogen-bond donors (Lipinski definition) is 3. The van der Waals surface area contributed by atoms with E-state index in [1.807, 2.05) is 30.3 Å². The van der Waals surface area contributed by atoms with E-state index in [0.29, 0.717) is 22.0 Å². The minimum Gasteiger partial charge on any atom is -0.322 e. The van der Waals surface area contributed by atoms with Gasteiger partial charge in [0.15, 0.2) is 0 Å². The number of anilines is 2. The molecule has 2 aromatic heterocycles. The van der Waals surface area contributed by atoms with Gasteiger partial charge in [-0.1, -0.05) is 47.5 Å². The molecule has 0 unspecified atom stereocenters. The van der Waals surface area contributed by atoms with Crippen molar-refractivity contribution in [1.82, 2.24) is 20.2 Å². The molecule has 2 heterocycles. The summed E-state index contributed by atoms with van der Waals surface area (Å²) >= 11 is 12.8. The van der Waals surface area contributed by atoms with Gasteiger partial charge in [-0.3, -0.25) is 19.9 Å². The number of rotatable bonds is 5. The van der Waals surface area contributed by atoms with Crippen LogP contribution in [0.25, 0.3) is 22.0 Å². The third-order valence-electron chi connectivity index (χ3n) is 5.28. The Labute approximate surface area is 209 Å². The number of nitrogens with zero attached hydrogens (tertiary/aromatic N) is 3. The van der Waals surface area contributed by atoms with Crippen LogP contribution in [0, 0.1) is 0 Å². The molecule has 2 amide bonds. The fourth-order valence-electron chi connectivity index (χ4n) is 3.60. The maximum Gasteiger partial charge on any atom is 0.258 e. The predicted octanol–water partition coefficient (Wildman–Crippen LogP) is 5.83. The number of fused-ring (bicyclic) bond motifs is 1. The van der Waals surface area contributed by atoms with Crippen molar-refractivity contribution in [2.75, 3.05) is 10.6 Å². The molecule has 0 fully saturated rings. The summed E-state index contributed by atoms with van der Waals surface area (Å²) < 4.78 is 0. The molecule has 10 heteroatoms. The Hall–Kier alpha value is -4.27. The molecule has 0 aliphatic carbocycles. The summed E-state index contributed by atoms with van der Waals surface area (Å²) in [5.74, 6) is -0.677. The second kappa shape index (κ2) is 9.54. The van der Waals surface area contributed by atoms with Gasteiger partial charge in [0.2, 0.25) is 5.95 Å². The SMILES string of the molecule is O=C(Nc1ncn[nH]1)c1ccc(C(=O)Nc2ccc(Cl)c(-c3nccc4ccccc34)c2)c(Cl)c1. The first-order valence-electron chi connectivity index (χ1n) is 10.4. The van der Waals surface area contributed by atoms with Gasteiger partial charge in [0.1, 0.15) is 6.33 Å². The Balaban J connectivity index is 1.39. The van der Waals surface area contributed by atoms with Gasteiger partial charge >= 0.3 is 0 Å². The number of halogens is 2. The lowest BCUT2D eigenvalue weighted by Crippen LogP contribution is -2.15. The molecular weight excluding hydrogens is 487 g/mol. The number of carbonyl (C=O) groups is 2. The first-order chi connectivity index (χ1) is 17.0. The highest BCUT2D eigenvalue weighted by Gasteiger charge is 2.16. The van der Waals surface area contributed by atoms with Gasteiger partial charge in [-0.05, 0) is 47.9 Å². The Morgan fingerprint density at radius 3 is 2.49 bits per heavy atom. The molecule has 0 aliphatic heterocycles. The lowest BCUT2D eigenvalue weighted by molar-refractivity contribution is 0.101. The lowest BCUT2D eigenvalue weighted by atomic mass is 10.0. The highest BCUT2D eigenvalue weighted by Crippen LogP contribution is 2.34. The van der Waals surface area contributed by atoms with E-state index in [9.17, 15) is 9.59 Å². The van der Waals surface area contributed by atoms with Gasteiger partial charge in [-0.15, -0.1) is 0 Å². The number of benzene rings is 3. The first kappa shape index (κ1) is 22.5. The van der Waals surface area contributed by atoms with Gasteiger partial charge in [0.25, 0.3) is 11.8 Å². The molecule has 8 nitrogen and oxygen atoms in total. The number of pyridine rings is 1. The summed E-state index contributed by atoms with van der Waals surface area (Å²) in [6.45, 7) is 0. The van der Waals surface area contributed by atoms with Crippen molar-refractivity contribution >= 4 is 57.4 Å². The summed E-state index contributed by atoms with van der Waals surface area (Å²) in [4.78, 5) is 33.7. The average Bonchev–Trinajstić information content (AvgIpc) is 3.38. The highest BCUT2D eigenvalue weighted by atomic mass is 35.5. The highest BCUT2D eigenvalue weighted by molar-refractivity contribution is 6.35. The van der Waals surface area contributed by atoms with Gasteiger partial charge in [0, 0.05) is 28.4 Å². The number of nitrogens with one attached hydrogen (secondary N) is 3. The molecule has 3 aromatic carbocycles. The van der Waals surface area contributed by atoms with Gasteiger partial charge < -0.3 is 5.32 Å². The monoisotopic (exact) mass is 502 g/mol. The van der Waals surface area contributed by atoms with Crippen LogP contribution in [0.3, 0.4) is 0 Å². The van der Waals surface area contributed by atoms with Crippen molar-refractivity contribution < 1.29 is 9.59 Å². The van der Waals surface area contributed by atoms with Crippen molar-refractivity contribution in [2.24, 2.45) is 0 Å². The van der Waals surface area contributed by atoms with Crippen LogP contribution in [0.15, 0.2) is 79.3 Å². The summed E-state index contributed by atoms with van der Waals surface area (Å²) in [6, 6.07) is 19.3. The minimum atomic E-state index is -0.444. The number of H-pyrrole nitrogens is 1. The van der Waals surface area contributed by atoms with Crippen LogP contribution in [-0.2, 0) is 0 Å². The molecule has 0 radical (unpaired) electrons. The van der Waals surface area contributed by atoms with E-state index in [2.05, 4.69) is 30.8 Å². The minimum absolute atomic E-state index is 0.123. The van der Waals surface area contributed by atoms with E-state index in [-0.39, 0.29) is 22.1 Å². The predicted molar refractivity (Wildman–Crippen MR) is 136 cm³/mol. The molecule has 3 N–H and O–H groups in total. The number of aromatic nitrogens is 4. The Bertz CT molecular complexity index is 1560. The van der Waals surface area contributed by atoms with Crippen molar-refractivity contribution in [3.63, 3.8) is 0 Å². The summed E-state index contributed by atoms with van der Waals surface area (Å²) in [5, 5.41) is 14.2. The van der Waals surface area contributed by atoms with Crippen molar-refractivity contribution in [3.8, 4) is 11.3 Å². The fourth-order valence-corrected chi connectivity index (χ4v) is 4.08. The van der Waals surface area contributed by atoms with Crippen LogP contribution in [-0.4, -0.2) is 32.0 Å². The maximum absolute atomic E-state index is 12.9. The maximum atomic E-state index is 12.9. The van der Waals surface area contributed by atoms with E-state index in [1.165, 1.54) is 24.5 Å². The van der Waals surface area contributed by atoms with Crippen LogP contribution < -0.4 is 10.6 Å². The molecule has 0 saturated heterocycles. The van der Waals surface area contributed by atoms with Crippen LogP contribution in [0.5, 0.6) is 0 Å². The molecular formula is C25H16Cl2N6O2. The molecule has 0 aliphatic rings. The smallest absolute Gasteiger partial charge is 0.258 e. The summed E-state index contributed by atoms with van der Waals surface area (Å²) in [5.41, 5.74) is 2.39. The Morgan fingerprint density at radius 2 is 1.69 bits per heavy atom. The Morgan fingerprint density at radius 1 is 0.829 bits per heavy atom. The molecule has 5 aromatic rings. The third-order valence-corrected chi connectivity index (χ3v) is 5.92. The van der Waals surface area contributed by atoms with E-state index in [4.69, 9.17) is 23.2 Å². The third kappa shape index (κ3) is 4.70. The van der Waals surface area contributed by atoms with Gasteiger partial charge in [0.05, 0.1) is 21.3 Å². The van der Waals surface area contributed by atoms with Crippen LogP contribution in [0.1, 0.15) is 20.7 Å². The Kier molecular flexibility index (Phi) is 6.13. The number of amides is 2. The number of aromatic amines is 1. The van der Waals surface area contributed by atoms with Crippen molar-refractivity contribution in [2.45, 2.75) is 0 Å². The lowest BCUT2D eigenvalue weighted by Gasteiger charge is -2.12. The van der Waals surface area contributed by atoms with Gasteiger partial charge in [-0.2, -0.15) is 10.1 Å². The fraction of sp³-hybridized carbons (Fsp3) is 0. The second-order valence-electron chi connectivity index (χ2n) is 7.51. The molecule has 172 valence electrons. The second-order valence-corrected chi connectivity index (χ2v) is 8.33. The zero-order chi connectivity index (χ0) is 24.4. The summed E-state index contributed by atoms with van der Waals surface area (Å²) in [7, 11) is 0. The van der Waals surface area contributed by atoms with E-state index >= 15 is 0 Å². The van der Waals surface area contributed by atoms with E-state index < -0.39 is 11.8 Å². The standard InChI is InChI=1S/C25H16Cl2N6O2/c26-20-8-6-16(12-19(20)22-17-4-2-1-3-14(17)9-10-28-22)31-24(35)18-7-5-15(11-21(18)27)23(34)32-25-29-13-30-33-25/h1-13H,(H,31,35)(H2,29,30,32,33,34). The summed E-state index contributed by atoms with van der Waals surface area (Å²) in [6.07, 6.45) is 2.99. The van der Waals surface area contributed by atoms with E-state index in [1.54, 1.807) is 24.4 Å². The number of carbonyl (C=O) groups excluding carboxylic acids is 2. The topological polar surface area (TPSA) is 113 Å². The van der Waals surface area contributed by atoms with Crippen LogP contribution in [0.2, 0.25) is 10.0 Å². The molecule has 0 bridgehead atoms. The average molecular weight is 503 g/mol. The first-order valence-corrected chi connectivity index (χ1v) is 11.2. The molecule has 5 rings (SSSR count). The molecule has 35 heavy (non-hydrogen) atoms. The number of hydrogen-bond acceptors (Lipinski definition) is 5. The normalized spacial score (nSPS) is 10.8. The van der Waals surface area contributed by atoms with Crippen LogP contribution >= 0.6 is 23.2 Å². The molecule has 0 spiro atoms. The van der Waals surface area contributed by atoms with Crippen molar-refractivity contribution in [3.05, 3.63) is 100 Å². The zero-order valence-electron chi connectivity index (χ0n) is 17.9.